The number of carbonyl (C=O) groups is 1. The van der Waals surface area contributed by atoms with Crippen molar-refractivity contribution in [1.82, 2.24) is 15.1 Å². The number of rotatable bonds is 6. The zero-order valence-corrected chi connectivity index (χ0v) is 16.4. The molecule has 0 saturated carbocycles. The Morgan fingerprint density at radius 2 is 1.73 bits per heavy atom. The number of aromatic nitrogens is 2. The van der Waals surface area contributed by atoms with Gasteiger partial charge in [0.25, 0.3) is 5.91 Å². The summed E-state index contributed by atoms with van der Waals surface area (Å²) in [5, 5.41) is 8.10. The molecule has 1 amide bonds. The highest BCUT2D eigenvalue weighted by molar-refractivity contribution is 6.04. The fraction of sp³-hybridized carbons (Fsp3) is 0.167. The number of H-pyrrole nitrogens is 1. The van der Waals surface area contributed by atoms with Crippen molar-refractivity contribution in [1.29, 1.82) is 0 Å². The summed E-state index contributed by atoms with van der Waals surface area (Å²) >= 11 is 0. The Bertz CT molecular complexity index is 1190. The molecule has 0 unspecified atom stereocenters. The lowest BCUT2D eigenvalue weighted by molar-refractivity contribution is 0.0741. The molecule has 1 N–H and O–H groups in total. The normalized spacial score (nSPS) is 12.3. The van der Waals surface area contributed by atoms with E-state index >= 15 is 0 Å². The van der Waals surface area contributed by atoms with Crippen molar-refractivity contribution in [2.24, 2.45) is 0 Å². The van der Waals surface area contributed by atoms with Crippen molar-refractivity contribution >= 4 is 16.8 Å². The standard InChI is InChI=1S/C24H21N3O3/c28-24(23-19-8-4-5-9-20(19)25-26-23)27(13-12-17-6-2-1-3-7-17)15-18-10-11-21-22(14-18)30-16-29-21/h1-11,14H,12-13,15-16H2,(H,25,26). The fourth-order valence-corrected chi connectivity index (χ4v) is 3.70. The van der Waals surface area contributed by atoms with Gasteiger partial charge in [-0.15, -0.1) is 0 Å². The van der Waals surface area contributed by atoms with Gasteiger partial charge < -0.3 is 14.4 Å². The van der Waals surface area contributed by atoms with E-state index in [1.165, 1.54) is 5.56 Å². The zero-order chi connectivity index (χ0) is 20.3. The lowest BCUT2D eigenvalue weighted by atomic mass is 10.1. The molecule has 0 saturated heterocycles. The number of amides is 1. The zero-order valence-electron chi connectivity index (χ0n) is 16.4. The van der Waals surface area contributed by atoms with Crippen LogP contribution in [0.25, 0.3) is 10.9 Å². The predicted octanol–water partition coefficient (Wildman–Crippen LogP) is 4.18. The second-order valence-electron chi connectivity index (χ2n) is 7.27. The minimum absolute atomic E-state index is 0.0963. The van der Waals surface area contributed by atoms with Gasteiger partial charge in [-0.1, -0.05) is 54.6 Å². The monoisotopic (exact) mass is 399 g/mol. The molecule has 0 spiro atoms. The first-order valence-corrected chi connectivity index (χ1v) is 9.93. The van der Waals surface area contributed by atoms with Gasteiger partial charge in [-0.2, -0.15) is 5.10 Å². The Labute approximate surface area is 174 Å². The molecule has 0 aliphatic carbocycles. The number of nitrogens with one attached hydrogen (secondary N) is 1. The molecule has 30 heavy (non-hydrogen) atoms. The molecule has 0 radical (unpaired) electrons. The summed E-state index contributed by atoms with van der Waals surface area (Å²) in [5.74, 6) is 1.36. The Kier molecular flexibility index (Phi) is 4.81. The van der Waals surface area contributed by atoms with Crippen molar-refractivity contribution in [2.45, 2.75) is 13.0 Å². The van der Waals surface area contributed by atoms with Gasteiger partial charge in [0.2, 0.25) is 6.79 Å². The highest BCUT2D eigenvalue weighted by atomic mass is 16.7. The summed E-state index contributed by atoms with van der Waals surface area (Å²) < 4.78 is 10.9. The molecule has 0 atom stereocenters. The maximum absolute atomic E-state index is 13.5. The molecule has 6 heteroatoms. The van der Waals surface area contributed by atoms with Gasteiger partial charge in [0, 0.05) is 18.5 Å². The van der Waals surface area contributed by atoms with Crippen LogP contribution in [0, 0.1) is 0 Å². The highest BCUT2D eigenvalue weighted by Gasteiger charge is 2.22. The summed E-state index contributed by atoms with van der Waals surface area (Å²) in [5.41, 5.74) is 3.47. The number of carbonyl (C=O) groups excluding carboxylic acids is 1. The Morgan fingerprint density at radius 1 is 0.933 bits per heavy atom. The van der Waals surface area contributed by atoms with Crippen LogP contribution in [-0.4, -0.2) is 34.3 Å². The van der Waals surface area contributed by atoms with Gasteiger partial charge in [0.15, 0.2) is 17.2 Å². The molecule has 1 aliphatic rings. The molecule has 0 fully saturated rings. The number of hydrogen-bond donors (Lipinski definition) is 1. The van der Waals surface area contributed by atoms with Crippen LogP contribution in [0.1, 0.15) is 21.6 Å². The van der Waals surface area contributed by atoms with Crippen LogP contribution < -0.4 is 9.47 Å². The number of para-hydroxylation sites is 1. The third kappa shape index (κ3) is 3.59. The van der Waals surface area contributed by atoms with Gasteiger partial charge in [-0.25, -0.2) is 0 Å². The van der Waals surface area contributed by atoms with Gasteiger partial charge in [0.1, 0.15) is 0 Å². The molecule has 1 aromatic heterocycles. The number of nitrogens with zero attached hydrogens (tertiary/aromatic N) is 2. The summed E-state index contributed by atoms with van der Waals surface area (Å²) in [6.45, 7) is 1.27. The van der Waals surface area contributed by atoms with Gasteiger partial charge in [-0.05, 0) is 35.7 Å². The van der Waals surface area contributed by atoms with Crippen molar-refractivity contribution in [2.75, 3.05) is 13.3 Å². The largest absolute Gasteiger partial charge is 0.454 e. The fourth-order valence-electron chi connectivity index (χ4n) is 3.70. The molecule has 0 bridgehead atoms. The van der Waals surface area contributed by atoms with Crippen LogP contribution in [0.15, 0.2) is 72.8 Å². The van der Waals surface area contributed by atoms with Crippen molar-refractivity contribution in [3.05, 3.63) is 89.6 Å². The van der Waals surface area contributed by atoms with Gasteiger partial charge in [0.05, 0.1) is 5.52 Å². The Hall–Kier alpha value is -3.80. The predicted molar refractivity (Wildman–Crippen MR) is 114 cm³/mol. The first-order chi connectivity index (χ1) is 14.8. The minimum atomic E-state index is -0.0963. The van der Waals surface area contributed by atoms with E-state index in [1.54, 1.807) is 0 Å². The van der Waals surface area contributed by atoms with Crippen LogP contribution in [-0.2, 0) is 13.0 Å². The highest BCUT2D eigenvalue weighted by Crippen LogP contribution is 2.33. The van der Waals surface area contributed by atoms with E-state index < -0.39 is 0 Å². The second kappa shape index (κ2) is 7.91. The lowest BCUT2D eigenvalue weighted by Gasteiger charge is -2.22. The van der Waals surface area contributed by atoms with E-state index in [0.29, 0.717) is 24.5 Å². The number of hydrogen-bond acceptors (Lipinski definition) is 4. The Balaban J connectivity index is 1.43. The van der Waals surface area contributed by atoms with Crippen LogP contribution in [0.3, 0.4) is 0 Å². The van der Waals surface area contributed by atoms with Crippen molar-refractivity contribution < 1.29 is 14.3 Å². The van der Waals surface area contributed by atoms with E-state index in [0.717, 1.165) is 28.6 Å². The quantitative estimate of drug-likeness (QED) is 0.528. The molecular formula is C24H21N3O3. The van der Waals surface area contributed by atoms with E-state index in [2.05, 4.69) is 22.3 Å². The summed E-state index contributed by atoms with van der Waals surface area (Å²) in [6, 6.07) is 23.7. The number of benzene rings is 3. The van der Waals surface area contributed by atoms with E-state index in [9.17, 15) is 4.79 Å². The molecule has 150 valence electrons. The average Bonchev–Trinajstić information content (AvgIpc) is 3.43. The lowest BCUT2D eigenvalue weighted by Crippen LogP contribution is -2.33. The van der Waals surface area contributed by atoms with Gasteiger partial charge >= 0.3 is 0 Å². The molecule has 4 aromatic rings. The summed E-state index contributed by atoms with van der Waals surface area (Å²) in [7, 11) is 0. The Morgan fingerprint density at radius 3 is 2.63 bits per heavy atom. The molecule has 6 nitrogen and oxygen atoms in total. The average molecular weight is 399 g/mol. The van der Waals surface area contributed by atoms with Gasteiger partial charge in [-0.3, -0.25) is 9.89 Å². The van der Waals surface area contributed by atoms with Crippen LogP contribution in [0.4, 0.5) is 0 Å². The molecule has 5 rings (SSSR count). The number of ether oxygens (including phenoxy) is 2. The molecule has 1 aliphatic heterocycles. The van der Waals surface area contributed by atoms with E-state index in [-0.39, 0.29) is 12.7 Å². The topological polar surface area (TPSA) is 67.5 Å². The molecule has 2 heterocycles. The first kappa shape index (κ1) is 18.2. The molecule has 3 aromatic carbocycles. The minimum Gasteiger partial charge on any atom is -0.454 e. The number of aromatic amines is 1. The van der Waals surface area contributed by atoms with E-state index in [1.807, 2.05) is 65.6 Å². The smallest absolute Gasteiger partial charge is 0.275 e. The summed E-state index contributed by atoms with van der Waals surface area (Å²) in [6.07, 6.45) is 0.763. The van der Waals surface area contributed by atoms with Crippen LogP contribution in [0.5, 0.6) is 11.5 Å². The SMILES string of the molecule is O=C(c1n[nH]c2ccccc12)N(CCc1ccccc1)Cc1ccc2c(c1)OCO2. The third-order valence-corrected chi connectivity index (χ3v) is 5.28. The number of fused-ring (bicyclic) bond motifs is 2. The first-order valence-electron chi connectivity index (χ1n) is 9.93. The van der Waals surface area contributed by atoms with E-state index in [4.69, 9.17) is 9.47 Å². The van der Waals surface area contributed by atoms with Crippen LogP contribution >= 0.6 is 0 Å². The van der Waals surface area contributed by atoms with Crippen LogP contribution in [0.2, 0.25) is 0 Å². The van der Waals surface area contributed by atoms with Crippen molar-refractivity contribution in [3.63, 3.8) is 0 Å². The van der Waals surface area contributed by atoms with Crippen molar-refractivity contribution in [3.8, 4) is 11.5 Å². The maximum Gasteiger partial charge on any atom is 0.275 e. The second-order valence-corrected chi connectivity index (χ2v) is 7.27. The summed E-state index contributed by atoms with van der Waals surface area (Å²) in [4.78, 5) is 15.3. The third-order valence-electron chi connectivity index (χ3n) is 5.28. The maximum atomic E-state index is 13.5. The molecular weight excluding hydrogens is 378 g/mol.